The van der Waals surface area contributed by atoms with Crippen LogP contribution in [0.25, 0.3) is 0 Å². The predicted octanol–water partition coefficient (Wildman–Crippen LogP) is 0.454. The lowest BCUT2D eigenvalue weighted by molar-refractivity contribution is -0.128. The zero-order valence-electron chi connectivity index (χ0n) is 12.0. The van der Waals surface area contributed by atoms with Gasteiger partial charge in [0.2, 0.25) is 0 Å². The second kappa shape index (κ2) is 6.64. The van der Waals surface area contributed by atoms with Gasteiger partial charge >= 0.3 is 0 Å². The van der Waals surface area contributed by atoms with Crippen LogP contribution in [-0.4, -0.2) is 56.6 Å². The third kappa shape index (κ3) is 3.77. The van der Waals surface area contributed by atoms with Crippen LogP contribution in [0.2, 0.25) is 0 Å². The standard InChI is InChI=1S/C14H18FN3O3/c1-18(2)14(20)10-7-9(3-4-11(10)15)17-13(19)12-8-16-5-6-21-12/h3-4,7,12,16H,5-6,8H2,1-2H3,(H,17,19). The van der Waals surface area contributed by atoms with Gasteiger partial charge in [0.1, 0.15) is 11.9 Å². The third-order valence-corrected chi connectivity index (χ3v) is 3.09. The van der Waals surface area contributed by atoms with Gasteiger partial charge in [-0.1, -0.05) is 0 Å². The van der Waals surface area contributed by atoms with Crippen LogP contribution in [0, 0.1) is 5.82 Å². The van der Waals surface area contributed by atoms with E-state index >= 15 is 0 Å². The predicted molar refractivity (Wildman–Crippen MR) is 75.7 cm³/mol. The summed E-state index contributed by atoms with van der Waals surface area (Å²) in [6.07, 6.45) is -0.586. The lowest BCUT2D eigenvalue weighted by atomic mass is 10.1. The summed E-state index contributed by atoms with van der Waals surface area (Å²) in [6.45, 7) is 1.60. The maximum Gasteiger partial charge on any atom is 0.256 e. The number of rotatable bonds is 3. The van der Waals surface area contributed by atoms with Gasteiger partial charge in [0.05, 0.1) is 12.2 Å². The number of carbonyl (C=O) groups excluding carboxylic acids is 2. The van der Waals surface area contributed by atoms with Gasteiger partial charge in [0.15, 0.2) is 0 Å². The molecule has 2 N–H and O–H groups in total. The molecule has 2 amide bonds. The van der Waals surface area contributed by atoms with E-state index in [2.05, 4.69) is 10.6 Å². The molecule has 1 atom stereocenters. The Morgan fingerprint density at radius 1 is 1.43 bits per heavy atom. The van der Waals surface area contributed by atoms with Gasteiger partial charge in [-0.05, 0) is 18.2 Å². The third-order valence-electron chi connectivity index (χ3n) is 3.09. The van der Waals surface area contributed by atoms with Crippen molar-refractivity contribution in [1.82, 2.24) is 10.2 Å². The summed E-state index contributed by atoms with van der Waals surface area (Å²) in [5, 5.41) is 5.68. The molecule has 1 aromatic rings. The van der Waals surface area contributed by atoms with Crippen molar-refractivity contribution >= 4 is 17.5 Å². The molecule has 0 radical (unpaired) electrons. The molecule has 1 fully saturated rings. The number of hydrogen-bond acceptors (Lipinski definition) is 4. The van der Waals surface area contributed by atoms with Crippen LogP contribution >= 0.6 is 0 Å². The van der Waals surface area contributed by atoms with Crippen LogP contribution < -0.4 is 10.6 Å². The molecule has 2 rings (SSSR count). The van der Waals surface area contributed by atoms with E-state index in [1.165, 1.54) is 31.1 Å². The summed E-state index contributed by atoms with van der Waals surface area (Å²) in [6, 6.07) is 3.90. The van der Waals surface area contributed by atoms with Gasteiger partial charge in [-0.2, -0.15) is 0 Å². The number of morpholine rings is 1. The van der Waals surface area contributed by atoms with Crippen molar-refractivity contribution in [2.24, 2.45) is 0 Å². The fraction of sp³-hybridized carbons (Fsp3) is 0.429. The first kappa shape index (κ1) is 15.4. The largest absolute Gasteiger partial charge is 0.366 e. The Bertz CT molecular complexity index is 542. The molecule has 1 aliphatic rings. The molecule has 0 saturated carbocycles. The van der Waals surface area contributed by atoms with Crippen molar-refractivity contribution in [3.8, 4) is 0 Å². The summed E-state index contributed by atoms with van der Waals surface area (Å²) in [4.78, 5) is 25.1. The summed E-state index contributed by atoms with van der Waals surface area (Å²) >= 11 is 0. The van der Waals surface area contributed by atoms with Crippen molar-refractivity contribution in [3.63, 3.8) is 0 Å². The maximum atomic E-state index is 13.7. The first-order chi connectivity index (χ1) is 9.99. The fourth-order valence-corrected chi connectivity index (χ4v) is 1.96. The number of anilines is 1. The molecule has 1 aromatic carbocycles. The van der Waals surface area contributed by atoms with Gasteiger partial charge in [-0.15, -0.1) is 0 Å². The quantitative estimate of drug-likeness (QED) is 0.849. The first-order valence-corrected chi connectivity index (χ1v) is 6.63. The van der Waals surface area contributed by atoms with Gasteiger partial charge in [0, 0.05) is 32.9 Å². The Hall–Kier alpha value is -1.99. The van der Waals surface area contributed by atoms with E-state index < -0.39 is 17.8 Å². The number of hydrogen-bond donors (Lipinski definition) is 2. The molecule has 21 heavy (non-hydrogen) atoms. The van der Waals surface area contributed by atoms with E-state index in [1.807, 2.05) is 0 Å². The van der Waals surface area contributed by atoms with E-state index in [9.17, 15) is 14.0 Å². The molecule has 0 aliphatic carbocycles. The highest BCUT2D eigenvalue weighted by molar-refractivity contribution is 5.98. The van der Waals surface area contributed by atoms with Crippen molar-refractivity contribution in [1.29, 1.82) is 0 Å². The highest BCUT2D eigenvalue weighted by atomic mass is 19.1. The molecule has 0 aromatic heterocycles. The lowest BCUT2D eigenvalue weighted by Crippen LogP contribution is -2.45. The zero-order valence-corrected chi connectivity index (χ0v) is 12.0. The lowest BCUT2D eigenvalue weighted by Gasteiger charge is -2.22. The Morgan fingerprint density at radius 3 is 2.81 bits per heavy atom. The second-order valence-electron chi connectivity index (χ2n) is 4.95. The molecular weight excluding hydrogens is 277 g/mol. The number of halogens is 1. The molecule has 0 bridgehead atoms. The monoisotopic (exact) mass is 295 g/mol. The van der Waals surface area contributed by atoms with Crippen molar-refractivity contribution in [2.45, 2.75) is 6.10 Å². The number of nitrogens with zero attached hydrogens (tertiary/aromatic N) is 1. The molecule has 0 spiro atoms. The number of amides is 2. The van der Waals surface area contributed by atoms with E-state index in [1.54, 1.807) is 0 Å². The zero-order chi connectivity index (χ0) is 15.4. The molecule has 1 aliphatic heterocycles. The van der Waals surface area contributed by atoms with Crippen LogP contribution in [0.1, 0.15) is 10.4 Å². The molecule has 6 nitrogen and oxygen atoms in total. The SMILES string of the molecule is CN(C)C(=O)c1cc(NC(=O)C2CNCCO2)ccc1F. The molecule has 1 saturated heterocycles. The Morgan fingerprint density at radius 2 is 2.19 bits per heavy atom. The number of benzene rings is 1. The minimum atomic E-state index is -0.623. The molecular formula is C14H18FN3O3. The molecule has 7 heteroatoms. The summed E-state index contributed by atoms with van der Waals surface area (Å²) in [5.74, 6) is -1.40. The highest BCUT2D eigenvalue weighted by Crippen LogP contribution is 2.16. The normalized spacial score (nSPS) is 18.1. The van der Waals surface area contributed by atoms with Gasteiger partial charge < -0.3 is 20.3 Å². The van der Waals surface area contributed by atoms with Gasteiger partial charge in [-0.25, -0.2) is 4.39 Å². The Kier molecular flexibility index (Phi) is 4.87. The second-order valence-corrected chi connectivity index (χ2v) is 4.95. The average Bonchev–Trinajstić information content (AvgIpc) is 2.49. The van der Waals surface area contributed by atoms with Crippen LogP contribution in [0.5, 0.6) is 0 Å². The Balaban J connectivity index is 2.11. The van der Waals surface area contributed by atoms with Gasteiger partial charge in [0.25, 0.3) is 11.8 Å². The van der Waals surface area contributed by atoms with Crippen LogP contribution in [0.4, 0.5) is 10.1 Å². The highest BCUT2D eigenvalue weighted by Gasteiger charge is 2.22. The number of nitrogens with one attached hydrogen (secondary N) is 2. The van der Waals surface area contributed by atoms with E-state index in [-0.39, 0.29) is 11.5 Å². The van der Waals surface area contributed by atoms with E-state index in [4.69, 9.17) is 4.74 Å². The van der Waals surface area contributed by atoms with Crippen LogP contribution in [0.3, 0.4) is 0 Å². The smallest absolute Gasteiger partial charge is 0.256 e. The maximum absolute atomic E-state index is 13.7. The summed E-state index contributed by atoms with van der Waals surface area (Å²) in [7, 11) is 3.07. The van der Waals surface area contributed by atoms with Crippen LogP contribution in [-0.2, 0) is 9.53 Å². The Labute approximate surface area is 122 Å². The number of ether oxygens (including phenoxy) is 1. The summed E-state index contributed by atoms with van der Waals surface area (Å²) < 4.78 is 19.0. The topological polar surface area (TPSA) is 70.7 Å². The number of carbonyl (C=O) groups is 2. The van der Waals surface area contributed by atoms with Crippen molar-refractivity contribution < 1.29 is 18.7 Å². The van der Waals surface area contributed by atoms with E-state index in [0.717, 1.165) is 6.07 Å². The van der Waals surface area contributed by atoms with Crippen LogP contribution in [0.15, 0.2) is 18.2 Å². The minimum Gasteiger partial charge on any atom is -0.366 e. The molecule has 114 valence electrons. The fourth-order valence-electron chi connectivity index (χ4n) is 1.96. The average molecular weight is 295 g/mol. The van der Waals surface area contributed by atoms with Crippen molar-refractivity contribution in [2.75, 3.05) is 39.1 Å². The van der Waals surface area contributed by atoms with Gasteiger partial charge in [-0.3, -0.25) is 9.59 Å². The molecule has 1 heterocycles. The summed E-state index contributed by atoms with van der Waals surface area (Å²) in [5.41, 5.74) is 0.279. The first-order valence-electron chi connectivity index (χ1n) is 6.63. The van der Waals surface area contributed by atoms with E-state index in [0.29, 0.717) is 25.4 Å². The molecule has 1 unspecified atom stereocenters. The minimum absolute atomic E-state index is 0.0829. The van der Waals surface area contributed by atoms with Crippen molar-refractivity contribution in [3.05, 3.63) is 29.6 Å².